The first-order chi connectivity index (χ1) is 7.19. The number of rotatable bonds is 7. The van der Waals surface area contributed by atoms with Crippen LogP contribution in [0, 0.1) is 10.1 Å². The third-order valence-electron chi connectivity index (χ3n) is 1.51. The summed E-state index contributed by atoms with van der Waals surface area (Å²) in [5.74, 6) is -5.50. The van der Waals surface area contributed by atoms with Crippen LogP contribution in [0.4, 0.5) is 0 Å². The van der Waals surface area contributed by atoms with E-state index in [1.54, 1.807) is 0 Å². The number of hydrogen-bond donors (Lipinski definition) is 3. The van der Waals surface area contributed by atoms with Crippen molar-refractivity contribution >= 4 is 44.1 Å². The van der Waals surface area contributed by atoms with Gasteiger partial charge in [-0.3, -0.25) is 14.4 Å². The number of carboxylic acids is 3. The molecule has 0 aliphatic heterocycles. The zero-order valence-electron chi connectivity index (χ0n) is 8.10. The van der Waals surface area contributed by atoms with Crippen molar-refractivity contribution < 1.29 is 39.6 Å². The van der Waals surface area contributed by atoms with Crippen molar-refractivity contribution in [2.75, 3.05) is 0 Å². The molecule has 0 spiro atoms. The van der Waals surface area contributed by atoms with Crippen molar-refractivity contribution in [3.05, 3.63) is 10.1 Å². The number of nitrogens with zero attached hydrogens (tertiary/aromatic N) is 1. The van der Waals surface area contributed by atoms with E-state index in [1.165, 1.54) is 0 Å². The minimum Gasteiger partial charge on any atom is -0.481 e. The van der Waals surface area contributed by atoms with Gasteiger partial charge in [0.05, 0.1) is 12.8 Å². The molecule has 0 bridgehead atoms. The fraction of sp³-hybridized carbons (Fsp3) is 0.500. The molecule has 0 heterocycles. The van der Waals surface area contributed by atoms with Gasteiger partial charge < -0.3 is 15.3 Å². The molecule has 11 heteroatoms. The second-order valence-corrected chi connectivity index (χ2v) is 2.76. The van der Waals surface area contributed by atoms with E-state index in [0.717, 1.165) is 0 Å². The van der Waals surface area contributed by atoms with Crippen LogP contribution in [0.1, 0.15) is 12.8 Å². The summed E-state index contributed by atoms with van der Waals surface area (Å²) in [5.41, 5.74) is -2.92. The van der Waals surface area contributed by atoms with Crippen LogP contribution in [0.5, 0.6) is 0 Å². The average Bonchev–Trinajstić information content (AvgIpc) is 1.98. The normalized spacial score (nSPS) is 9.88. The summed E-state index contributed by atoms with van der Waals surface area (Å²) >= 11 is 0. The van der Waals surface area contributed by atoms with Crippen LogP contribution >= 0.6 is 0 Å². The molecule has 0 aromatic carbocycles. The van der Waals surface area contributed by atoms with Crippen LogP contribution in [0.15, 0.2) is 0 Å². The van der Waals surface area contributed by atoms with Gasteiger partial charge in [0.1, 0.15) is 0 Å². The molecule has 10 nitrogen and oxygen atoms in total. The molecule has 92 valence electrons. The Bertz CT molecular complexity index is 300. The quantitative estimate of drug-likeness (QED) is 0.242. The number of aliphatic carboxylic acids is 3. The van der Waals surface area contributed by atoms with Gasteiger partial charge in [-0.05, 0) is 0 Å². The second kappa shape index (κ2) is 6.94. The Morgan fingerprint density at radius 2 is 1.47 bits per heavy atom. The standard InChI is InChI=1S/C6H7NO9.Bi/c8-3(9)1-6(5(12)13,2-4(10)11)16-7(14)15;/h1-2H2,(H,8,9)(H,10,11)(H,12,13);/q;+3. The summed E-state index contributed by atoms with van der Waals surface area (Å²) in [5, 5.41) is 33.8. The Hall–Kier alpha value is -1.51. The summed E-state index contributed by atoms with van der Waals surface area (Å²) in [6, 6.07) is 0. The smallest absolute Gasteiger partial charge is 0.481 e. The Morgan fingerprint density at radius 3 is 1.65 bits per heavy atom. The third-order valence-corrected chi connectivity index (χ3v) is 1.51. The van der Waals surface area contributed by atoms with Gasteiger partial charge in [0, 0.05) is 0 Å². The fourth-order valence-corrected chi connectivity index (χ4v) is 0.949. The SMILES string of the molecule is O=C(O)CC(CC(=O)O)(O[N+](=O)[O-])C(=O)O.[Bi+3]. The predicted molar refractivity (Wildman–Crippen MR) is 48.7 cm³/mol. The molecule has 0 aliphatic rings. The first-order valence-corrected chi connectivity index (χ1v) is 3.70. The van der Waals surface area contributed by atoms with Crippen molar-refractivity contribution in [2.45, 2.75) is 18.4 Å². The van der Waals surface area contributed by atoms with E-state index in [0.29, 0.717) is 0 Å². The van der Waals surface area contributed by atoms with Gasteiger partial charge in [-0.1, -0.05) is 0 Å². The van der Waals surface area contributed by atoms with Crippen molar-refractivity contribution in [1.82, 2.24) is 0 Å². The van der Waals surface area contributed by atoms with Gasteiger partial charge in [-0.15, -0.1) is 10.1 Å². The van der Waals surface area contributed by atoms with Gasteiger partial charge in [0.15, 0.2) is 0 Å². The van der Waals surface area contributed by atoms with Gasteiger partial charge in [-0.25, -0.2) is 4.79 Å². The average molecular weight is 446 g/mol. The Kier molecular flexibility index (Phi) is 7.30. The fourth-order valence-electron chi connectivity index (χ4n) is 0.949. The van der Waals surface area contributed by atoms with E-state index in [-0.39, 0.29) is 26.2 Å². The van der Waals surface area contributed by atoms with Crippen molar-refractivity contribution in [3.8, 4) is 0 Å². The molecule has 0 atom stereocenters. The molecule has 0 fully saturated rings. The van der Waals surface area contributed by atoms with E-state index in [4.69, 9.17) is 15.3 Å². The van der Waals surface area contributed by atoms with E-state index in [9.17, 15) is 24.5 Å². The molecular formula is C6H7BiNO9+3. The minimum absolute atomic E-state index is 0. The maximum absolute atomic E-state index is 10.7. The molecule has 0 amide bonds. The first kappa shape index (κ1) is 17.9. The van der Waals surface area contributed by atoms with Crippen LogP contribution in [-0.2, 0) is 19.2 Å². The predicted octanol–water partition coefficient (Wildman–Crippen LogP) is -1.41. The van der Waals surface area contributed by atoms with Crippen LogP contribution in [0.3, 0.4) is 0 Å². The molecule has 0 aromatic heterocycles. The second-order valence-electron chi connectivity index (χ2n) is 2.76. The minimum atomic E-state index is -2.92. The van der Waals surface area contributed by atoms with Crippen molar-refractivity contribution in [2.24, 2.45) is 0 Å². The van der Waals surface area contributed by atoms with Crippen LogP contribution < -0.4 is 0 Å². The number of carbonyl (C=O) groups is 3. The monoisotopic (exact) mass is 446 g/mol. The molecule has 0 saturated carbocycles. The zero-order chi connectivity index (χ0) is 12.9. The molecule has 17 heavy (non-hydrogen) atoms. The largest absolute Gasteiger partial charge is 3.00 e. The van der Waals surface area contributed by atoms with E-state index in [1.807, 2.05) is 0 Å². The molecule has 0 aliphatic carbocycles. The molecule has 0 unspecified atom stereocenters. The molecule has 3 N–H and O–H groups in total. The molecule has 2 radical (unpaired) electrons. The summed E-state index contributed by atoms with van der Waals surface area (Å²) < 4.78 is 0. The summed E-state index contributed by atoms with van der Waals surface area (Å²) in [6.45, 7) is 0. The molecule has 0 aromatic rings. The maximum atomic E-state index is 10.7. The third kappa shape index (κ3) is 5.95. The van der Waals surface area contributed by atoms with Crippen molar-refractivity contribution in [3.63, 3.8) is 0 Å². The van der Waals surface area contributed by atoms with Gasteiger partial charge in [0.2, 0.25) is 5.60 Å². The summed E-state index contributed by atoms with van der Waals surface area (Å²) in [4.78, 5) is 45.0. The van der Waals surface area contributed by atoms with Crippen molar-refractivity contribution in [1.29, 1.82) is 0 Å². The Labute approximate surface area is 112 Å². The summed E-state index contributed by atoms with van der Waals surface area (Å²) in [6.07, 6.45) is -2.68. The van der Waals surface area contributed by atoms with E-state index < -0.39 is 41.4 Å². The Morgan fingerprint density at radius 1 is 1.12 bits per heavy atom. The van der Waals surface area contributed by atoms with Gasteiger partial charge in [-0.2, -0.15) is 0 Å². The Balaban J connectivity index is 0. The summed E-state index contributed by atoms with van der Waals surface area (Å²) in [7, 11) is 0. The number of hydrogen-bond acceptors (Lipinski definition) is 6. The van der Waals surface area contributed by atoms with Crippen LogP contribution in [0.25, 0.3) is 0 Å². The van der Waals surface area contributed by atoms with Crippen LogP contribution in [0.2, 0.25) is 0 Å². The van der Waals surface area contributed by atoms with Crippen LogP contribution in [-0.4, -0.2) is 70.1 Å². The van der Waals surface area contributed by atoms with Gasteiger partial charge >= 0.3 is 44.1 Å². The molecular weight excluding hydrogens is 439 g/mol. The zero-order valence-corrected chi connectivity index (χ0v) is 11.6. The van der Waals surface area contributed by atoms with Gasteiger partial charge in [0.25, 0.3) is 5.09 Å². The first-order valence-electron chi connectivity index (χ1n) is 3.70. The van der Waals surface area contributed by atoms with E-state index in [2.05, 4.69) is 4.84 Å². The van der Waals surface area contributed by atoms with E-state index >= 15 is 0 Å². The maximum Gasteiger partial charge on any atom is 3.00 e. The molecule has 0 saturated heterocycles. The number of carboxylic acid groups (broad SMARTS) is 3. The molecule has 0 rings (SSSR count). The topological polar surface area (TPSA) is 164 Å².